The number of aryl methyl sites for hydroxylation is 2. The Hall–Kier alpha value is -3.06. The summed E-state index contributed by atoms with van der Waals surface area (Å²) in [7, 11) is 0. The van der Waals surface area contributed by atoms with Crippen molar-refractivity contribution in [2.75, 3.05) is 23.7 Å². The minimum absolute atomic E-state index is 0.149. The van der Waals surface area contributed by atoms with Gasteiger partial charge in [0.05, 0.1) is 9.81 Å². The maximum Gasteiger partial charge on any atom is 0.267 e. The Kier molecular flexibility index (Phi) is 10.1. The lowest BCUT2D eigenvalue weighted by Crippen LogP contribution is -2.31. The van der Waals surface area contributed by atoms with Crippen LogP contribution in [0.5, 0.6) is 0 Å². The number of thioether (sulfide) groups is 2. The zero-order chi connectivity index (χ0) is 28.8. The number of anilines is 2. The molecular formula is C28H28N4O4S4. The average molecular weight is 613 g/mol. The van der Waals surface area contributed by atoms with E-state index in [4.69, 9.17) is 24.4 Å². The zero-order valence-corrected chi connectivity index (χ0v) is 25.3. The maximum atomic E-state index is 13.1. The second-order valence-corrected chi connectivity index (χ2v) is 12.6. The van der Waals surface area contributed by atoms with Gasteiger partial charge >= 0.3 is 0 Å². The molecule has 2 fully saturated rings. The normalized spacial score (nSPS) is 17.1. The fourth-order valence-electron chi connectivity index (χ4n) is 4.14. The van der Waals surface area contributed by atoms with Gasteiger partial charge in [-0.1, -0.05) is 72.2 Å². The molecule has 4 rings (SSSR count). The van der Waals surface area contributed by atoms with Gasteiger partial charge < -0.3 is 10.6 Å². The van der Waals surface area contributed by atoms with Crippen LogP contribution in [0.25, 0.3) is 0 Å². The van der Waals surface area contributed by atoms with Crippen molar-refractivity contribution in [3.8, 4) is 0 Å². The molecule has 40 heavy (non-hydrogen) atoms. The molecule has 0 spiro atoms. The lowest BCUT2D eigenvalue weighted by Gasteiger charge is -2.15. The molecule has 0 atom stereocenters. The summed E-state index contributed by atoms with van der Waals surface area (Å²) in [5.41, 5.74) is 3.54. The van der Waals surface area contributed by atoms with Crippen molar-refractivity contribution in [1.82, 2.24) is 9.80 Å². The summed E-state index contributed by atoms with van der Waals surface area (Å²) in [5, 5.41) is 5.71. The van der Waals surface area contributed by atoms with Crippen molar-refractivity contribution in [3.05, 3.63) is 69.5 Å². The number of hydrogen-bond donors (Lipinski definition) is 2. The Balaban J connectivity index is 1.28. The zero-order valence-electron chi connectivity index (χ0n) is 22.0. The molecule has 0 aromatic heterocycles. The predicted molar refractivity (Wildman–Crippen MR) is 169 cm³/mol. The largest absolute Gasteiger partial charge is 0.326 e. The summed E-state index contributed by atoms with van der Waals surface area (Å²) in [6.45, 7) is 4.44. The van der Waals surface area contributed by atoms with E-state index >= 15 is 0 Å². The Labute approximate surface area is 252 Å². The molecule has 0 unspecified atom stereocenters. The second-order valence-electron chi connectivity index (χ2n) is 9.35. The number of nitrogens with one attached hydrogen (secondary N) is 2. The molecule has 2 aromatic rings. The average Bonchev–Trinajstić information content (AvgIpc) is 3.33. The molecule has 0 bridgehead atoms. The van der Waals surface area contributed by atoms with Gasteiger partial charge in [-0.25, -0.2) is 0 Å². The highest BCUT2D eigenvalue weighted by molar-refractivity contribution is 8.29. The second kappa shape index (κ2) is 13.5. The number of benzene rings is 2. The van der Waals surface area contributed by atoms with Crippen molar-refractivity contribution >= 4 is 91.6 Å². The van der Waals surface area contributed by atoms with Crippen LogP contribution >= 0.6 is 48.0 Å². The highest BCUT2D eigenvalue weighted by Crippen LogP contribution is 2.42. The van der Waals surface area contributed by atoms with Gasteiger partial charge in [0.15, 0.2) is 0 Å². The van der Waals surface area contributed by atoms with Gasteiger partial charge in [0, 0.05) is 37.3 Å². The smallest absolute Gasteiger partial charge is 0.267 e. The molecule has 0 aliphatic carbocycles. The summed E-state index contributed by atoms with van der Waals surface area (Å²) >= 11 is 13.0. The predicted octanol–water partition coefficient (Wildman–Crippen LogP) is 5.37. The first kappa shape index (κ1) is 29.9. The van der Waals surface area contributed by atoms with Crippen molar-refractivity contribution in [1.29, 1.82) is 0 Å². The van der Waals surface area contributed by atoms with E-state index < -0.39 is 0 Å². The number of amides is 4. The van der Waals surface area contributed by atoms with Crippen molar-refractivity contribution in [2.24, 2.45) is 0 Å². The topological polar surface area (TPSA) is 98.8 Å². The summed E-state index contributed by atoms with van der Waals surface area (Å²) in [5.74, 6) is -1.01. The van der Waals surface area contributed by atoms with Crippen LogP contribution in [0.1, 0.15) is 36.8 Å². The van der Waals surface area contributed by atoms with E-state index in [1.165, 1.54) is 9.80 Å². The Morgan fingerprint density at radius 2 is 1.12 bits per heavy atom. The molecule has 2 N–H and O–H groups in total. The van der Waals surface area contributed by atoms with E-state index in [1.54, 1.807) is 0 Å². The maximum absolute atomic E-state index is 13.1. The van der Waals surface area contributed by atoms with Gasteiger partial charge in [0.2, 0.25) is 11.8 Å². The van der Waals surface area contributed by atoms with Crippen molar-refractivity contribution in [2.45, 2.75) is 39.5 Å². The third-order valence-corrected chi connectivity index (χ3v) is 9.11. The number of thiocarbonyl (C=S) groups is 2. The van der Waals surface area contributed by atoms with Crippen LogP contribution in [-0.2, 0) is 19.2 Å². The SMILES string of the molecule is Cc1cccc(NC(=O)CCCN2C(=O)C(=C3SC(=S)N(CCCC(=O)Nc4cccc(C)c4)C3=O)SC2=S)c1. The lowest BCUT2D eigenvalue weighted by atomic mass is 10.2. The van der Waals surface area contributed by atoms with Gasteiger partial charge in [-0.15, -0.1) is 0 Å². The molecule has 12 heteroatoms. The first-order valence-electron chi connectivity index (χ1n) is 12.7. The van der Waals surface area contributed by atoms with E-state index in [0.29, 0.717) is 21.5 Å². The van der Waals surface area contributed by atoms with Crippen LogP contribution in [0.3, 0.4) is 0 Å². The quantitative estimate of drug-likeness (QED) is 0.273. The first-order chi connectivity index (χ1) is 19.1. The standard InChI is InChI=1S/C28H28N4O4S4/c1-17-7-3-9-19(15-17)29-21(33)11-5-13-31-25(35)23(39-27(31)37)24-26(36)32(28(38)40-24)14-6-12-22(34)30-20-10-4-8-18(2)16-20/h3-4,7-10,15-16H,5-6,11-14H2,1-2H3,(H,29,33)(H,30,34). The molecular weight excluding hydrogens is 585 g/mol. The Morgan fingerprint density at radius 1 is 0.725 bits per heavy atom. The summed E-state index contributed by atoms with van der Waals surface area (Å²) < 4.78 is 0.689. The summed E-state index contributed by atoms with van der Waals surface area (Å²) in [6, 6.07) is 15.1. The van der Waals surface area contributed by atoms with Crippen LogP contribution in [0.4, 0.5) is 11.4 Å². The van der Waals surface area contributed by atoms with Crippen LogP contribution in [-0.4, -0.2) is 55.2 Å². The number of nitrogens with zero attached hydrogens (tertiary/aromatic N) is 2. The monoisotopic (exact) mass is 612 g/mol. The molecule has 2 heterocycles. The Bertz CT molecular complexity index is 1320. The summed E-state index contributed by atoms with van der Waals surface area (Å²) in [4.78, 5) is 54.3. The number of carbonyl (C=O) groups is 4. The number of hydrogen-bond acceptors (Lipinski definition) is 8. The highest BCUT2D eigenvalue weighted by Gasteiger charge is 2.41. The molecule has 0 radical (unpaired) electrons. The molecule has 2 aromatic carbocycles. The van der Waals surface area contributed by atoms with E-state index in [0.717, 1.165) is 46.0 Å². The first-order valence-corrected chi connectivity index (χ1v) is 15.1. The van der Waals surface area contributed by atoms with E-state index in [2.05, 4.69) is 10.6 Å². The fraction of sp³-hybridized carbons (Fsp3) is 0.286. The molecule has 2 saturated heterocycles. The highest BCUT2D eigenvalue weighted by atomic mass is 32.2. The number of carbonyl (C=O) groups excluding carboxylic acids is 4. The van der Waals surface area contributed by atoms with Crippen LogP contribution in [0.2, 0.25) is 0 Å². The van der Waals surface area contributed by atoms with E-state index in [9.17, 15) is 19.2 Å². The van der Waals surface area contributed by atoms with Gasteiger partial charge in [0.25, 0.3) is 11.8 Å². The molecule has 0 saturated carbocycles. The minimum atomic E-state index is -0.355. The lowest BCUT2D eigenvalue weighted by molar-refractivity contribution is -0.124. The third kappa shape index (κ3) is 7.57. The van der Waals surface area contributed by atoms with Gasteiger partial charge in [0.1, 0.15) is 8.64 Å². The van der Waals surface area contributed by atoms with Crippen molar-refractivity contribution < 1.29 is 19.2 Å². The molecule has 208 valence electrons. The molecule has 4 amide bonds. The molecule has 8 nitrogen and oxygen atoms in total. The van der Waals surface area contributed by atoms with Crippen LogP contribution in [0.15, 0.2) is 58.3 Å². The van der Waals surface area contributed by atoms with E-state index in [1.807, 2.05) is 62.4 Å². The van der Waals surface area contributed by atoms with Gasteiger partial charge in [-0.3, -0.25) is 29.0 Å². The van der Waals surface area contributed by atoms with Gasteiger partial charge in [-0.2, -0.15) is 0 Å². The Morgan fingerprint density at radius 3 is 1.50 bits per heavy atom. The fourth-order valence-corrected chi connectivity index (χ4v) is 6.92. The summed E-state index contributed by atoms with van der Waals surface area (Å²) in [6.07, 6.45) is 1.28. The van der Waals surface area contributed by atoms with Crippen LogP contribution < -0.4 is 10.6 Å². The van der Waals surface area contributed by atoms with Crippen molar-refractivity contribution in [3.63, 3.8) is 0 Å². The van der Waals surface area contributed by atoms with Gasteiger partial charge in [-0.05, 0) is 62.1 Å². The third-order valence-electron chi connectivity index (χ3n) is 6.08. The molecule has 2 aliphatic rings. The minimum Gasteiger partial charge on any atom is -0.326 e. The molecule has 2 aliphatic heterocycles. The van der Waals surface area contributed by atoms with E-state index in [-0.39, 0.29) is 59.4 Å². The number of rotatable bonds is 10. The van der Waals surface area contributed by atoms with Crippen LogP contribution in [0, 0.1) is 13.8 Å².